The van der Waals surface area contributed by atoms with E-state index in [4.69, 9.17) is 31.0 Å². The second-order valence-electron chi connectivity index (χ2n) is 13.2. The van der Waals surface area contributed by atoms with Crippen LogP contribution in [0.3, 0.4) is 0 Å². The lowest BCUT2D eigenvalue weighted by Gasteiger charge is -2.47. The van der Waals surface area contributed by atoms with E-state index in [1.165, 1.54) is 23.8 Å². The molecule has 3 aliphatic carbocycles. The summed E-state index contributed by atoms with van der Waals surface area (Å²) in [7, 11) is -0.293. The van der Waals surface area contributed by atoms with Crippen LogP contribution in [0.1, 0.15) is 66.4 Å². The van der Waals surface area contributed by atoms with E-state index in [9.17, 15) is 13.2 Å². The average Bonchev–Trinajstić information content (AvgIpc) is 3.14. The molecule has 1 aliphatic heterocycles. The van der Waals surface area contributed by atoms with Crippen molar-refractivity contribution in [2.75, 3.05) is 44.6 Å². The highest BCUT2D eigenvalue weighted by Gasteiger charge is 2.45. The minimum absolute atomic E-state index is 0.000191. The summed E-state index contributed by atoms with van der Waals surface area (Å²) < 4.78 is 41.1. The van der Waals surface area contributed by atoms with E-state index >= 15 is 0 Å². The van der Waals surface area contributed by atoms with Crippen LogP contribution in [-0.4, -0.2) is 60.2 Å². The first kappa shape index (κ1) is 31.4. The molecule has 1 heterocycles. The number of carbonyl (C=O) groups excluding carboxylic acids is 1. The van der Waals surface area contributed by atoms with Gasteiger partial charge in [-0.15, -0.1) is 0 Å². The van der Waals surface area contributed by atoms with Crippen molar-refractivity contribution in [3.63, 3.8) is 0 Å². The van der Waals surface area contributed by atoms with Crippen molar-refractivity contribution >= 4 is 33.3 Å². The topological polar surface area (TPSA) is 108 Å². The number of allylic oxidation sites excluding steroid dienone is 1. The van der Waals surface area contributed by atoms with Crippen LogP contribution in [0.5, 0.6) is 5.75 Å². The first-order valence-electron chi connectivity index (χ1n) is 15.7. The summed E-state index contributed by atoms with van der Waals surface area (Å²) in [4.78, 5) is 15.0. The summed E-state index contributed by atoms with van der Waals surface area (Å²) in [5, 5.41) is 6.08. The summed E-state index contributed by atoms with van der Waals surface area (Å²) in [5.74, 6) is 1.25. The highest BCUT2D eigenvalue weighted by atomic mass is 35.5. The van der Waals surface area contributed by atoms with Gasteiger partial charge >= 0.3 is 5.97 Å². The molecule has 2 aromatic rings. The molecule has 0 bridgehead atoms. The van der Waals surface area contributed by atoms with Gasteiger partial charge in [0.05, 0.1) is 36.8 Å². The van der Waals surface area contributed by atoms with Crippen molar-refractivity contribution in [3.8, 4) is 5.75 Å². The number of fused-ring (bicyclic) bond motifs is 3. The van der Waals surface area contributed by atoms with Crippen molar-refractivity contribution in [2.45, 2.75) is 62.9 Å². The summed E-state index contributed by atoms with van der Waals surface area (Å²) >= 11 is 6.42. The van der Waals surface area contributed by atoms with Gasteiger partial charge in [-0.2, -0.15) is 0 Å². The van der Waals surface area contributed by atoms with Crippen molar-refractivity contribution in [1.82, 2.24) is 0 Å². The Hall–Kier alpha value is -2.59. The molecule has 1 fully saturated rings. The lowest BCUT2D eigenvalue weighted by atomic mass is 9.66. The summed E-state index contributed by atoms with van der Waals surface area (Å²) in [6.45, 7) is 2.15. The van der Waals surface area contributed by atoms with Crippen molar-refractivity contribution < 1.29 is 27.4 Å². The van der Waals surface area contributed by atoms with Crippen LogP contribution >= 0.6 is 11.6 Å². The molecule has 0 saturated heterocycles. The molecule has 6 rings (SSSR count). The van der Waals surface area contributed by atoms with Gasteiger partial charge < -0.3 is 19.1 Å². The zero-order valence-electron chi connectivity index (χ0n) is 25.6. The maximum atomic E-state index is 12.6. The van der Waals surface area contributed by atoms with Gasteiger partial charge in [-0.05, 0) is 116 Å². The fraction of sp³-hybridized carbons (Fsp3) is 0.559. The number of anilines is 1. The lowest BCUT2D eigenvalue weighted by molar-refractivity contribution is 0.00323. The van der Waals surface area contributed by atoms with Crippen LogP contribution in [0.2, 0.25) is 5.02 Å². The van der Waals surface area contributed by atoms with Gasteiger partial charge in [-0.1, -0.05) is 23.7 Å². The molecule has 8 nitrogen and oxygen atoms in total. The Morgan fingerprint density at radius 1 is 1.16 bits per heavy atom. The van der Waals surface area contributed by atoms with E-state index in [1.807, 2.05) is 18.2 Å². The number of primary sulfonamides is 1. The number of halogens is 1. The zero-order chi connectivity index (χ0) is 31.1. The molecule has 1 spiro atoms. The SMILES string of the molecule is COC(=O)c1ccc2c(c1)N(C[C@@H]1CC[C@H]1[C@H](OC)C1=CC[C@@H](CS(N)(=O)=O)CC1)CC1(CCCc3cc(Cl)ccc31)CO2. The number of carbonyl (C=O) groups is 1. The molecule has 4 aliphatic rings. The Morgan fingerprint density at radius 3 is 2.68 bits per heavy atom. The molecule has 44 heavy (non-hydrogen) atoms. The lowest BCUT2D eigenvalue weighted by Crippen LogP contribution is -2.50. The number of hydrogen-bond donors (Lipinski definition) is 1. The molecule has 1 unspecified atom stereocenters. The second kappa shape index (κ2) is 12.7. The van der Waals surface area contributed by atoms with Gasteiger partial charge in [-0.25, -0.2) is 18.4 Å². The number of hydrogen-bond acceptors (Lipinski definition) is 7. The number of nitrogens with two attached hydrogens (primary N) is 1. The molecule has 2 N–H and O–H groups in total. The van der Waals surface area contributed by atoms with E-state index in [0.29, 0.717) is 30.4 Å². The van der Waals surface area contributed by atoms with Gasteiger partial charge in [0.25, 0.3) is 0 Å². The fourth-order valence-electron chi connectivity index (χ4n) is 8.11. The van der Waals surface area contributed by atoms with Crippen LogP contribution in [0, 0.1) is 17.8 Å². The maximum absolute atomic E-state index is 12.6. The fourth-order valence-corrected chi connectivity index (χ4v) is 9.26. The number of rotatable bonds is 8. The molecule has 0 aromatic heterocycles. The normalized spacial score (nSPS) is 27.2. The van der Waals surface area contributed by atoms with E-state index in [1.54, 1.807) is 13.2 Å². The minimum Gasteiger partial charge on any atom is -0.490 e. The maximum Gasteiger partial charge on any atom is 0.337 e. The Morgan fingerprint density at radius 2 is 2.00 bits per heavy atom. The number of aryl methyl sites for hydroxylation is 1. The highest BCUT2D eigenvalue weighted by Crippen LogP contribution is 2.48. The predicted molar refractivity (Wildman–Crippen MR) is 172 cm³/mol. The first-order valence-corrected chi connectivity index (χ1v) is 17.8. The van der Waals surface area contributed by atoms with Crippen molar-refractivity contribution in [2.24, 2.45) is 22.9 Å². The Labute approximate surface area is 265 Å². The molecular formula is C34H43ClN2O6S. The Balaban J connectivity index is 1.29. The van der Waals surface area contributed by atoms with Gasteiger partial charge in [0, 0.05) is 30.6 Å². The Kier molecular flexibility index (Phi) is 9.03. The van der Waals surface area contributed by atoms with Crippen LogP contribution in [0.25, 0.3) is 0 Å². The van der Waals surface area contributed by atoms with Gasteiger partial charge in [0.15, 0.2) is 0 Å². The van der Waals surface area contributed by atoms with Crippen molar-refractivity contribution in [3.05, 3.63) is 69.8 Å². The first-order chi connectivity index (χ1) is 21.1. The van der Waals surface area contributed by atoms with E-state index in [2.05, 4.69) is 23.1 Å². The van der Waals surface area contributed by atoms with Gasteiger partial charge in [0.1, 0.15) is 5.75 Å². The molecule has 10 heteroatoms. The summed E-state index contributed by atoms with van der Waals surface area (Å²) in [5.41, 5.74) is 5.10. The van der Waals surface area contributed by atoms with Crippen LogP contribution < -0.4 is 14.8 Å². The molecule has 238 valence electrons. The van der Waals surface area contributed by atoms with Gasteiger partial charge in [0.2, 0.25) is 10.0 Å². The highest BCUT2D eigenvalue weighted by molar-refractivity contribution is 7.89. The zero-order valence-corrected chi connectivity index (χ0v) is 27.2. The quantitative estimate of drug-likeness (QED) is 0.293. The standard InChI is InChI=1S/C34H43ClN2O6S/c1-41-32(23-7-5-22(6-8-23)19-44(36,39)40)28-12-9-26(28)18-37-20-34(15-3-4-24-16-27(35)11-13-29(24)34)21-43-31-14-10-25(17-30(31)37)33(38)42-2/h7,10-11,13-14,16-17,22,26,28,32H,3-6,8-9,12,15,18-21H2,1-2H3,(H2,36,39,40)/t22-,26+,28-,32-,34?/m1/s1. The van der Waals surface area contributed by atoms with E-state index < -0.39 is 10.0 Å². The monoisotopic (exact) mass is 642 g/mol. The van der Waals surface area contributed by atoms with E-state index in [-0.39, 0.29) is 29.2 Å². The van der Waals surface area contributed by atoms with Crippen molar-refractivity contribution in [1.29, 1.82) is 0 Å². The minimum atomic E-state index is -3.48. The smallest absolute Gasteiger partial charge is 0.337 e. The van der Waals surface area contributed by atoms with Crippen LogP contribution in [0.15, 0.2) is 48.0 Å². The molecule has 1 saturated carbocycles. The number of esters is 1. The average molecular weight is 643 g/mol. The number of benzene rings is 2. The molecule has 2 aromatic carbocycles. The molecule has 0 amide bonds. The number of sulfonamides is 1. The van der Waals surface area contributed by atoms with Gasteiger partial charge in [-0.3, -0.25) is 0 Å². The number of methoxy groups -OCH3 is 2. The third kappa shape index (κ3) is 6.39. The predicted octanol–water partition coefficient (Wildman–Crippen LogP) is 5.66. The number of nitrogens with zero attached hydrogens (tertiary/aromatic N) is 1. The largest absolute Gasteiger partial charge is 0.490 e. The third-order valence-electron chi connectivity index (χ3n) is 10.4. The second-order valence-corrected chi connectivity index (χ2v) is 15.3. The number of ether oxygens (including phenoxy) is 3. The van der Waals surface area contributed by atoms with E-state index in [0.717, 1.165) is 74.5 Å². The molecule has 0 radical (unpaired) electrons. The summed E-state index contributed by atoms with van der Waals surface area (Å²) in [6.07, 6.45) is 9.78. The third-order valence-corrected chi connectivity index (χ3v) is 11.6. The summed E-state index contributed by atoms with van der Waals surface area (Å²) in [6, 6.07) is 11.9. The van der Waals surface area contributed by atoms with Crippen LogP contribution in [0.4, 0.5) is 5.69 Å². The molecular weight excluding hydrogens is 600 g/mol. The Bertz CT molecular complexity index is 1540. The van der Waals surface area contributed by atoms with Crippen LogP contribution in [-0.2, 0) is 31.3 Å². The molecule has 5 atom stereocenters.